The van der Waals surface area contributed by atoms with E-state index in [4.69, 9.17) is 4.74 Å². The number of ether oxygens (including phenoxy) is 1. The molecule has 0 aromatic heterocycles. The van der Waals surface area contributed by atoms with Gasteiger partial charge in [0.2, 0.25) is 0 Å². The Morgan fingerprint density at radius 2 is 1.88 bits per heavy atom. The Hall–Kier alpha value is -0.770. The van der Waals surface area contributed by atoms with Crippen molar-refractivity contribution < 1.29 is 9.53 Å². The summed E-state index contributed by atoms with van der Waals surface area (Å²) in [4.78, 5) is 11.6. The largest absolute Gasteiger partial charge is 0.444 e. The second-order valence-corrected chi connectivity index (χ2v) is 6.38. The molecule has 4 nitrogen and oxygen atoms in total. The van der Waals surface area contributed by atoms with Crippen molar-refractivity contribution in [3.8, 4) is 0 Å². The van der Waals surface area contributed by atoms with Crippen LogP contribution in [0.15, 0.2) is 0 Å². The first-order valence-electron chi connectivity index (χ1n) is 6.63. The number of rotatable bonds is 1. The fourth-order valence-corrected chi connectivity index (χ4v) is 2.69. The van der Waals surface area contributed by atoms with E-state index in [1.165, 1.54) is 19.3 Å². The summed E-state index contributed by atoms with van der Waals surface area (Å²) < 4.78 is 5.27. The van der Waals surface area contributed by atoms with Gasteiger partial charge in [-0.2, -0.15) is 0 Å². The summed E-state index contributed by atoms with van der Waals surface area (Å²) in [5.41, 5.74) is 0.00160. The van der Waals surface area contributed by atoms with Crippen LogP contribution in [-0.2, 0) is 4.74 Å². The van der Waals surface area contributed by atoms with Gasteiger partial charge in [0.1, 0.15) is 5.60 Å². The minimum Gasteiger partial charge on any atom is -0.444 e. The smallest absolute Gasteiger partial charge is 0.407 e. The van der Waals surface area contributed by atoms with E-state index in [2.05, 4.69) is 10.6 Å². The van der Waals surface area contributed by atoms with Gasteiger partial charge in [0, 0.05) is 11.6 Å². The molecule has 1 saturated heterocycles. The zero-order valence-corrected chi connectivity index (χ0v) is 11.1. The van der Waals surface area contributed by atoms with Gasteiger partial charge in [0.05, 0.1) is 0 Å². The zero-order valence-electron chi connectivity index (χ0n) is 11.1. The van der Waals surface area contributed by atoms with E-state index in [-0.39, 0.29) is 12.1 Å². The fraction of sp³-hybridized carbons (Fsp3) is 0.923. The Kier molecular flexibility index (Phi) is 3.34. The highest BCUT2D eigenvalue weighted by Gasteiger charge is 2.40. The van der Waals surface area contributed by atoms with Crippen molar-refractivity contribution in [2.45, 2.75) is 70.1 Å². The molecule has 1 spiro atoms. The van der Waals surface area contributed by atoms with Crippen LogP contribution in [-0.4, -0.2) is 29.8 Å². The molecule has 1 heterocycles. The summed E-state index contributed by atoms with van der Waals surface area (Å²) in [6.45, 7) is 6.83. The molecular weight excluding hydrogens is 216 g/mol. The molecule has 17 heavy (non-hydrogen) atoms. The summed E-state index contributed by atoms with van der Waals surface area (Å²) in [6, 6.07) is 0.290. The standard InChI is InChI=1S/C13H24N2O2/c1-12(2,3)17-11(16)15-10-4-6-13(7-5-10)8-9-14-13/h10,14H,4-9H2,1-3H3,(H,15,16). The molecule has 0 unspecified atom stereocenters. The molecule has 2 rings (SSSR count). The average molecular weight is 240 g/mol. The lowest BCUT2D eigenvalue weighted by molar-refractivity contribution is 0.0460. The Balaban J connectivity index is 1.72. The second kappa shape index (κ2) is 4.48. The third-order valence-electron chi connectivity index (χ3n) is 3.77. The average Bonchev–Trinajstić information content (AvgIpc) is 2.13. The summed E-state index contributed by atoms with van der Waals surface area (Å²) in [5.74, 6) is 0. The summed E-state index contributed by atoms with van der Waals surface area (Å²) in [7, 11) is 0. The van der Waals surface area contributed by atoms with Crippen LogP contribution in [0.1, 0.15) is 52.9 Å². The summed E-state index contributed by atoms with van der Waals surface area (Å²) in [5, 5.41) is 6.50. The lowest BCUT2D eigenvalue weighted by Gasteiger charge is -2.48. The van der Waals surface area contributed by atoms with Crippen molar-refractivity contribution in [1.29, 1.82) is 0 Å². The fourth-order valence-electron chi connectivity index (χ4n) is 2.69. The number of hydrogen-bond donors (Lipinski definition) is 2. The van der Waals surface area contributed by atoms with E-state index < -0.39 is 5.60 Å². The normalized spacial score (nSPS) is 33.0. The summed E-state index contributed by atoms with van der Waals surface area (Å²) >= 11 is 0. The highest BCUT2D eigenvalue weighted by Crippen LogP contribution is 2.35. The number of carbonyl (C=O) groups excluding carboxylic acids is 1. The van der Waals surface area contributed by atoms with Crippen LogP contribution in [0.4, 0.5) is 4.79 Å². The molecule has 2 N–H and O–H groups in total. The van der Waals surface area contributed by atoms with Crippen LogP contribution < -0.4 is 10.6 Å². The quantitative estimate of drug-likeness (QED) is 0.738. The topological polar surface area (TPSA) is 50.4 Å². The minimum atomic E-state index is -0.407. The first-order chi connectivity index (χ1) is 7.89. The number of alkyl carbamates (subject to hydrolysis) is 1. The van der Waals surface area contributed by atoms with Gasteiger partial charge in [-0.3, -0.25) is 0 Å². The van der Waals surface area contributed by atoms with Crippen LogP contribution in [0.25, 0.3) is 0 Å². The Morgan fingerprint density at radius 1 is 1.29 bits per heavy atom. The lowest BCUT2D eigenvalue weighted by Crippen LogP contribution is -2.60. The third kappa shape index (κ3) is 3.35. The van der Waals surface area contributed by atoms with Gasteiger partial charge >= 0.3 is 6.09 Å². The predicted octanol–water partition coefficient (Wildman–Crippen LogP) is 2.19. The zero-order chi connectivity index (χ0) is 12.5. The van der Waals surface area contributed by atoms with E-state index in [1.54, 1.807) is 0 Å². The van der Waals surface area contributed by atoms with Crippen molar-refractivity contribution in [2.75, 3.05) is 6.54 Å². The Morgan fingerprint density at radius 3 is 2.29 bits per heavy atom. The molecule has 0 aromatic carbocycles. The maximum absolute atomic E-state index is 11.6. The summed E-state index contributed by atoms with van der Waals surface area (Å²) in [6.07, 6.45) is 5.49. The van der Waals surface area contributed by atoms with Gasteiger partial charge < -0.3 is 15.4 Å². The van der Waals surface area contributed by atoms with Crippen molar-refractivity contribution in [2.24, 2.45) is 0 Å². The Bertz CT molecular complexity index is 282. The van der Waals surface area contributed by atoms with Crippen molar-refractivity contribution in [1.82, 2.24) is 10.6 Å². The van der Waals surface area contributed by atoms with Gasteiger partial charge in [-0.05, 0) is 59.4 Å². The number of hydrogen-bond acceptors (Lipinski definition) is 3. The van der Waals surface area contributed by atoms with E-state index in [9.17, 15) is 4.79 Å². The molecule has 0 atom stereocenters. The molecule has 0 radical (unpaired) electrons. The molecule has 2 fully saturated rings. The molecule has 1 aliphatic carbocycles. The highest BCUT2D eigenvalue weighted by molar-refractivity contribution is 5.68. The first kappa shape index (κ1) is 12.7. The van der Waals surface area contributed by atoms with Gasteiger partial charge in [-0.1, -0.05) is 0 Å². The lowest BCUT2D eigenvalue weighted by atomic mass is 9.73. The molecule has 2 aliphatic rings. The van der Waals surface area contributed by atoms with Gasteiger partial charge in [0.15, 0.2) is 0 Å². The number of nitrogens with one attached hydrogen (secondary N) is 2. The first-order valence-corrected chi connectivity index (χ1v) is 6.63. The van der Waals surface area contributed by atoms with Crippen molar-refractivity contribution in [3.63, 3.8) is 0 Å². The molecule has 4 heteroatoms. The minimum absolute atomic E-state index is 0.278. The Labute approximate surface area is 103 Å². The van der Waals surface area contributed by atoms with E-state index in [0.717, 1.165) is 19.4 Å². The van der Waals surface area contributed by atoms with Gasteiger partial charge in [-0.25, -0.2) is 4.79 Å². The van der Waals surface area contributed by atoms with Crippen LogP contribution in [0, 0.1) is 0 Å². The molecule has 1 amide bonds. The maximum Gasteiger partial charge on any atom is 0.407 e. The van der Waals surface area contributed by atoms with Gasteiger partial charge in [-0.15, -0.1) is 0 Å². The van der Waals surface area contributed by atoms with E-state index in [0.29, 0.717) is 5.54 Å². The molecule has 1 saturated carbocycles. The molecule has 0 bridgehead atoms. The van der Waals surface area contributed by atoms with Crippen LogP contribution in [0.3, 0.4) is 0 Å². The molecule has 98 valence electrons. The SMILES string of the molecule is CC(C)(C)OC(=O)NC1CCC2(CCN2)CC1. The molecule has 0 aromatic rings. The molecule has 1 aliphatic heterocycles. The van der Waals surface area contributed by atoms with Crippen LogP contribution in [0.5, 0.6) is 0 Å². The van der Waals surface area contributed by atoms with Crippen LogP contribution >= 0.6 is 0 Å². The predicted molar refractivity (Wildman–Crippen MR) is 67.0 cm³/mol. The van der Waals surface area contributed by atoms with E-state index in [1.807, 2.05) is 20.8 Å². The number of amides is 1. The third-order valence-corrected chi connectivity index (χ3v) is 3.77. The maximum atomic E-state index is 11.6. The monoisotopic (exact) mass is 240 g/mol. The molecular formula is C13H24N2O2. The van der Waals surface area contributed by atoms with Crippen molar-refractivity contribution >= 4 is 6.09 Å². The second-order valence-electron chi connectivity index (χ2n) is 6.38. The highest BCUT2D eigenvalue weighted by atomic mass is 16.6. The van der Waals surface area contributed by atoms with Crippen LogP contribution in [0.2, 0.25) is 0 Å². The van der Waals surface area contributed by atoms with E-state index >= 15 is 0 Å². The number of carbonyl (C=O) groups is 1. The van der Waals surface area contributed by atoms with Gasteiger partial charge in [0.25, 0.3) is 0 Å². The van der Waals surface area contributed by atoms with Crippen molar-refractivity contribution in [3.05, 3.63) is 0 Å².